The molecule has 28 heavy (non-hydrogen) atoms. The molecule has 0 aromatic heterocycles. The van der Waals surface area contributed by atoms with E-state index >= 15 is 0 Å². The minimum Gasteiger partial charge on any atom is -0.490 e. The monoisotopic (exact) mass is 382 g/mol. The summed E-state index contributed by atoms with van der Waals surface area (Å²) in [6.07, 6.45) is 0.917. The zero-order valence-electron chi connectivity index (χ0n) is 17.2. The molecule has 3 rings (SSSR count). The lowest BCUT2D eigenvalue weighted by Gasteiger charge is -2.25. The molecule has 2 aromatic rings. The molecule has 0 saturated heterocycles. The standard InChI is InChI=1S/C23H30N2O3/c1-5-27-21-12-11-19(15-22(21)28-6-2)16(3)24-17(4)23(26)25-14-13-18-9-7-8-10-20(18)25/h7-12,15-17,24H,5-6,13-14H2,1-4H3/t16-,17-/m0/s1. The van der Waals surface area contributed by atoms with E-state index in [0.717, 1.165) is 35.7 Å². The second kappa shape index (κ2) is 9.11. The third kappa shape index (κ3) is 4.30. The second-order valence-corrected chi connectivity index (χ2v) is 7.05. The van der Waals surface area contributed by atoms with Crippen molar-refractivity contribution in [2.75, 3.05) is 24.7 Å². The number of amides is 1. The van der Waals surface area contributed by atoms with Crippen molar-refractivity contribution in [2.24, 2.45) is 0 Å². The quantitative estimate of drug-likeness (QED) is 0.746. The van der Waals surface area contributed by atoms with Gasteiger partial charge in [0.2, 0.25) is 5.91 Å². The highest BCUT2D eigenvalue weighted by Gasteiger charge is 2.28. The Morgan fingerprint density at radius 3 is 2.54 bits per heavy atom. The number of hydrogen-bond acceptors (Lipinski definition) is 4. The van der Waals surface area contributed by atoms with Crippen LogP contribution in [0.2, 0.25) is 0 Å². The number of carbonyl (C=O) groups is 1. The van der Waals surface area contributed by atoms with Crippen LogP contribution in [0.4, 0.5) is 5.69 Å². The normalized spacial score (nSPS) is 15.1. The molecule has 1 amide bonds. The number of nitrogens with zero attached hydrogens (tertiary/aromatic N) is 1. The number of nitrogens with one attached hydrogen (secondary N) is 1. The maximum atomic E-state index is 13.0. The fourth-order valence-corrected chi connectivity index (χ4v) is 3.68. The molecule has 1 aliphatic heterocycles. The van der Waals surface area contributed by atoms with E-state index in [4.69, 9.17) is 9.47 Å². The summed E-state index contributed by atoms with van der Waals surface area (Å²) in [5.74, 6) is 1.59. The number of benzene rings is 2. The third-order valence-electron chi connectivity index (χ3n) is 5.09. The van der Waals surface area contributed by atoms with E-state index in [-0.39, 0.29) is 18.0 Å². The third-order valence-corrected chi connectivity index (χ3v) is 5.09. The Morgan fingerprint density at radius 2 is 1.79 bits per heavy atom. The van der Waals surface area contributed by atoms with Crippen molar-refractivity contribution in [3.05, 3.63) is 53.6 Å². The van der Waals surface area contributed by atoms with Crippen LogP contribution in [0.3, 0.4) is 0 Å². The van der Waals surface area contributed by atoms with Crippen LogP contribution in [-0.2, 0) is 11.2 Å². The van der Waals surface area contributed by atoms with Gasteiger partial charge in [-0.25, -0.2) is 0 Å². The minimum absolute atomic E-state index is 0.00618. The summed E-state index contributed by atoms with van der Waals surface area (Å²) < 4.78 is 11.4. The van der Waals surface area contributed by atoms with E-state index < -0.39 is 0 Å². The van der Waals surface area contributed by atoms with Gasteiger partial charge in [-0.05, 0) is 63.4 Å². The van der Waals surface area contributed by atoms with Gasteiger partial charge in [0.1, 0.15) is 0 Å². The predicted octanol–water partition coefficient (Wildman–Crippen LogP) is 4.11. The Morgan fingerprint density at radius 1 is 1.07 bits per heavy atom. The van der Waals surface area contributed by atoms with Crippen LogP contribution in [-0.4, -0.2) is 31.7 Å². The van der Waals surface area contributed by atoms with Gasteiger partial charge in [-0.2, -0.15) is 0 Å². The molecule has 1 heterocycles. The Hall–Kier alpha value is -2.53. The number of hydrogen-bond donors (Lipinski definition) is 1. The highest BCUT2D eigenvalue weighted by atomic mass is 16.5. The van der Waals surface area contributed by atoms with Crippen molar-refractivity contribution in [2.45, 2.75) is 46.2 Å². The second-order valence-electron chi connectivity index (χ2n) is 7.05. The topological polar surface area (TPSA) is 50.8 Å². The number of fused-ring (bicyclic) bond motifs is 1. The number of carbonyl (C=O) groups excluding carboxylic acids is 1. The summed E-state index contributed by atoms with van der Waals surface area (Å²) in [6, 6.07) is 13.8. The zero-order chi connectivity index (χ0) is 20.1. The molecule has 0 unspecified atom stereocenters. The van der Waals surface area contributed by atoms with E-state index in [0.29, 0.717) is 13.2 Å². The van der Waals surface area contributed by atoms with Gasteiger partial charge in [0, 0.05) is 18.3 Å². The van der Waals surface area contributed by atoms with Gasteiger partial charge < -0.3 is 14.4 Å². The lowest BCUT2D eigenvalue weighted by atomic mass is 10.1. The molecule has 150 valence electrons. The molecular weight excluding hydrogens is 352 g/mol. The summed E-state index contributed by atoms with van der Waals surface area (Å²) in [6.45, 7) is 9.82. The van der Waals surface area contributed by atoms with Crippen molar-refractivity contribution in [3.8, 4) is 11.5 Å². The number of ether oxygens (including phenoxy) is 2. The highest BCUT2D eigenvalue weighted by molar-refractivity contribution is 5.98. The molecule has 2 aromatic carbocycles. The van der Waals surface area contributed by atoms with Crippen LogP contribution in [0.25, 0.3) is 0 Å². The van der Waals surface area contributed by atoms with E-state index in [1.165, 1.54) is 5.56 Å². The van der Waals surface area contributed by atoms with Gasteiger partial charge in [0.05, 0.1) is 19.3 Å². The molecule has 0 fully saturated rings. The molecule has 0 radical (unpaired) electrons. The summed E-state index contributed by atoms with van der Waals surface area (Å²) in [5.41, 5.74) is 3.34. The van der Waals surface area contributed by atoms with Crippen LogP contribution in [0, 0.1) is 0 Å². The van der Waals surface area contributed by atoms with Crippen molar-refractivity contribution in [1.29, 1.82) is 0 Å². The fourth-order valence-electron chi connectivity index (χ4n) is 3.68. The van der Waals surface area contributed by atoms with Crippen LogP contribution in [0.5, 0.6) is 11.5 Å². The molecule has 0 bridgehead atoms. The van der Waals surface area contributed by atoms with E-state index in [2.05, 4.69) is 18.3 Å². The van der Waals surface area contributed by atoms with Gasteiger partial charge in [0.25, 0.3) is 0 Å². The maximum Gasteiger partial charge on any atom is 0.243 e. The van der Waals surface area contributed by atoms with Crippen LogP contribution >= 0.6 is 0 Å². The van der Waals surface area contributed by atoms with Gasteiger partial charge in [-0.15, -0.1) is 0 Å². The molecule has 5 nitrogen and oxygen atoms in total. The maximum absolute atomic E-state index is 13.0. The first-order chi connectivity index (χ1) is 13.5. The number of para-hydroxylation sites is 1. The van der Waals surface area contributed by atoms with Gasteiger partial charge in [0.15, 0.2) is 11.5 Å². The highest BCUT2D eigenvalue weighted by Crippen LogP contribution is 2.31. The molecule has 5 heteroatoms. The SMILES string of the molecule is CCOc1ccc([C@H](C)N[C@@H](C)C(=O)N2CCc3ccccc32)cc1OCC. The van der Waals surface area contributed by atoms with E-state index in [1.807, 2.05) is 62.1 Å². The van der Waals surface area contributed by atoms with Crippen molar-refractivity contribution in [1.82, 2.24) is 5.32 Å². The lowest BCUT2D eigenvalue weighted by molar-refractivity contribution is -0.120. The van der Waals surface area contributed by atoms with Gasteiger partial charge >= 0.3 is 0 Å². The van der Waals surface area contributed by atoms with Crippen molar-refractivity contribution < 1.29 is 14.3 Å². The van der Waals surface area contributed by atoms with Crippen LogP contribution in [0.1, 0.15) is 44.9 Å². The largest absolute Gasteiger partial charge is 0.490 e. The smallest absolute Gasteiger partial charge is 0.243 e. The fraction of sp³-hybridized carbons (Fsp3) is 0.435. The Balaban J connectivity index is 1.69. The molecule has 0 aliphatic carbocycles. The first-order valence-corrected chi connectivity index (χ1v) is 10.1. The predicted molar refractivity (Wildman–Crippen MR) is 112 cm³/mol. The zero-order valence-corrected chi connectivity index (χ0v) is 17.2. The summed E-state index contributed by atoms with van der Waals surface area (Å²) in [7, 11) is 0. The van der Waals surface area contributed by atoms with Gasteiger partial charge in [-0.1, -0.05) is 24.3 Å². The van der Waals surface area contributed by atoms with Crippen molar-refractivity contribution in [3.63, 3.8) is 0 Å². The Kier molecular flexibility index (Phi) is 6.57. The Labute approximate surface area is 167 Å². The first kappa shape index (κ1) is 20.2. The molecule has 0 saturated carbocycles. The van der Waals surface area contributed by atoms with E-state index in [9.17, 15) is 4.79 Å². The molecule has 1 aliphatic rings. The molecule has 1 N–H and O–H groups in total. The van der Waals surface area contributed by atoms with E-state index in [1.54, 1.807) is 0 Å². The lowest BCUT2D eigenvalue weighted by Crippen LogP contribution is -2.45. The van der Waals surface area contributed by atoms with Crippen LogP contribution in [0.15, 0.2) is 42.5 Å². The number of anilines is 1. The average Bonchev–Trinajstić information content (AvgIpc) is 3.13. The minimum atomic E-state index is -0.289. The molecular formula is C23H30N2O3. The molecule has 0 spiro atoms. The summed E-state index contributed by atoms with van der Waals surface area (Å²) in [5, 5.41) is 3.44. The van der Waals surface area contributed by atoms with Crippen molar-refractivity contribution >= 4 is 11.6 Å². The Bertz CT molecular complexity index is 821. The average molecular weight is 383 g/mol. The molecule has 2 atom stereocenters. The summed E-state index contributed by atoms with van der Waals surface area (Å²) >= 11 is 0. The first-order valence-electron chi connectivity index (χ1n) is 10.1. The van der Waals surface area contributed by atoms with Crippen LogP contribution < -0.4 is 19.7 Å². The summed E-state index contributed by atoms with van der Waals surface area (Å²) in [4.78, 5) is 14.9. The van der Waals surface area contributed by atoms with Gasteiger partial charge in [-0.3, -0.25) is 10.1 Å². The number of rotatable bonds is 8.